The molecular formula is C8H7ClO4S2. The Balaban J connectivity index is 3.13. The monoisotopic (exact) mass is 266 g/mol. The molecule has 0 heterocycles. The first kappa shape index (κ1) is 12.4. The first-order valence-electron chi connectivity index (χ1n) is 3.74. The van der Waals surface area contributed by atoms with E-state index in [2.05, 4.69) is 4.74 Å². The van der Waals surface area contributed by atoms with Gasteiger partial charge in [-0.25, -0.2) is 13.2 Å². The second-order valence-corrected chi connectivity index (χ2v) is 5.95. The number of benzene rings is 1. The van der Waals surface area contributed by atoms with Gasteiger partial charge in [-0.2, -0.15) is 0 Å². The van der Waals surface area contributed by atoms with Gasteiger partial charge in [-0.05, 0) is 23.9 Å². The van der Waals surface area contributed by atoms with Gasteiger partial charge < -0.3 is 4.74 Å². The number of carbonyl (C=O) groups excluding carboxylic acids is 1. The predicted octanol–water partition coefficient (Wildman–Crippen LogP) is 2.47. The molecule has 0 aliphatic carbocycles. The molecule has 0 aliphatic rings. The van der Waals surface area contributed by atoms with E-state index in [1.54, 1.807) is 6.07 Å². The van der Waals surface area contributed by atoms with Crippen LogP contribution in [-0.4, -0.2) is 20.8 Å². The molecule has 0 saturated carbocycles. The lowest BCUT2D eigenvalue weighted by atomic mass is 10.4. The van der Waals surface area contributed by atoms with Gasteiger partial charge in [0, 0.05) is 15.6 Å². The molecule has 82 valence electrons. The average Bonchev–Trinajstić information content (AvgIpc) is 2.17. The molecule has 1 rings (SSSR count). The SMILES string of the molecule is COC(=O)Sc1ccccc1S(=O)(=O)Cl. The summed E-state index contributed by atoms with van der Waals surface area (Å²) in [6.07, 6.45) is 0. The van der Waals surface area contributed by atoms with Gasteiger partial charge in [0.05, 0.1) is 12.0 Å². The lowest BCUT2D eigenvalue weighted by molar-refractivity contribution is 0.200. The third kappa shape index (κ3) is 3.40. The normalized spacial score (nSPS) is 11.1. The molecule has 0 radical (unpaired) electrons. The molecule has 0 atom stereocenters. The first-order chi connectivity index (χ1) is 6.95. The molecule has 0 aromatic heterocycles. The van der Waals surface area contributed by atoms with E-state index in [1.807, 2.05) is 0 Å². The van der Waals surface area contributed by atoms with Crippen LogP contribution < -0.4 is 0 Å². The number of ether oxygens (including phenoxy) is 1. The zero-order valence-electron chi connectivity index (χ0n) is 7.64. The average molecular weight is 267 g/mol. The van der Waals surface area contributed by atoms with Crippen LogP contribution in [0.1, 0.15) is 0 Å². The summed E-state index contributed by atoms with van der Waals surface area (Å²) in [6.45, 7) is 0. The lowest BCUT2D eigenvalue weighted by Crippen LogP contribution is -1.96. The lowest BCUT2D eigenvalue weighted by Gasteiger charge is -2.03. The van der Waals surface area contributed by atoms with Crippen LogP contribution in [0.5, 0.6) is 0 Å². The number of methoxy groups -OCH3 is 1. The van der Waals surface area contributed by atoms with Crippen molar-refractivity contribution in [1.29, 1.82) is 0 Å². The molecule has 7 heteroatoms. The molecule has 0 unspecified atom stereocenters. The molecule has 0 saturated heterocycles. The maximum atomic E-state index is 11.1. The Kier molecular flexibility index (Phi) is 4.01. The van der Waals surface area contributed by atoms with Gasteiger partial charge in [0.1, 0.15) is 0 Å². The minimum atomic E-state index is -3.84. The van der Waals surface area contributed by atoms with E-state index in [0.717, 1.165) is 0 Å². The summed E-state index contributed by atoms with van der Waals surface area (Å²) in [4.78, 5) is 11.1. The van der Waals surface area contributed by atoms with Crippen molar-refractivity contribution in [3.8, 4) is 0 Å². The molecule has 1 aromatic rings. The molecule has 0 N–H and O–H groups in total. The van der Waals surface area contributed by atoms with Gasteiger partial charge >= 0.3 is 5.30 Å². The van der Waals surface area contributed by atoms with E-state index in [1.165, 1.54) is 25.3 Å². The van der Waals surface area contributed by atoms with Gasteiger partial charge in [-0.1, -0.05) is 12.1 Å². The molecule has 0 amide bonds. The standard InChI is InChI=1S/C8H7ClO4S2/c1-13-8(10)14-6-4-2-3-5-7(6)15(9,11)12/h2-5H,1H3. The topological polar surface area (TPSA) is 60.4 Å². The third-order valence-corrected chi connectivity index (χ3v) is 3.89. The zero-order valence-corrected chi connectivity index (χ0v) is 10.0. The number of halogens is 1. The quantitative estimate of drug-likeness (QED) is 0.467. The van der Waals surface area contributed by atoms with Crippen molar-refractivity contribution in [3.63, 3.8) is 0 Å². The van der Waals surface area contributed by atoms with Crippen LogP contribution in [0.4, 0.5) is 4.79 Å². The summed E-state index contributed by atoms with van der Waals surface area (Å²) in [6, 6.07) is 5.94. The highest BCUT2D eigenvalue weighted by atomic mass is 35.7. The summed E-state index contributed by atoms with van der Waals surface area (Å²) < 4.78 is 26.7. The van der Waals surface area contributed by atoms with Crippen LogP contribution in [0.3, 0.4) is 0 Å². The fraction of sp³-hybridized carbons (Fsp3) is 0.125. The van der Waals surface area contributed by atoms with Gasteiger partial charge in [0.25, 0.3) is 9.05 Å². The largest absolute Gasteiger partial charge is 0.461 e. The van der Waals surface area contributed by atoms with Crippen molar-refractivity contribution in [1.82, 2.24) is 0 Å². The van der Waals surface area contributed by atoms with E-state index < -0.39 is 14.4 Å². The van der Waals surface area contributed by atoms with Crippen LogP contribution in [-0.2, 0) is 13.8 Å². The van der Waals surface area contributed by atoms with Gasteiger partial charge in [-0.15, -0.1) is 0 Å². The highest BCUT2D eigenvalue weighted by molar-refractivity contribution is 8.16. The second kappa shape index (κ2) is 4.87. The Morgan fingerprint density at radius 1 is 1.40 bits per heavy atom. The smallest absolute Gasteiger partial charge is 0.371 e. The molecule has 4 nitrogen and oxygen atoms in total. The molecule has 0 fully saturated rings. The van der Waals surface area contributed by atoms with E-state index in [0.29, 0.717) is 11.8 Å². The van der Waals surface area contributed by atoms with E-state index in [4.69, 9.17) is 10.7 Å². The second-order valence-electron chi connectivity index (χ2n) is 2.44. The van der Waals surface area contributed by atoms with Gasteiger partial charge in [-0.3, -0.25) is 0 Å². The maximum Gasteiger partial charge on any atom is 0.371 e. The summed E-state index contributed by atoms with van der Waals surface area (Å²) in [7, 11) is 2.57. The molecule has 0 spiro atoms. The van der Waals surface area contributed by atoms with Crippen LogP contribution in [0.2, 0.25) is 0 Å². The van der Waals surface area contributed by atoms with Crippen molar-refractivity contribution in [2.24, 2.45) is 0 Å². The van der Waals surface area contributed by atoms with Crippen molar-refractivity contribution >= 4 is 36.8 Å². The maximum absolute atomic E-state index is 11.1. The molecule has 0 bridgehead atoms. The first-order valence-corrected chi connectivity index (χ1v) is 6.87. The number of hydrogen-bond acceptors (Lipinski definition) is 5. The van der Waals surface area contributed by atoms with Crippen LogP contribution in [0, 0.1) is 0 Å². The fourth-order valence-electron chi connectivity index (χ4n) is 0.867. The van der Waals surface area contributed by atoms with Crippen LogP contribution in [0.25, 0.3) is 0 Å². The Morgan fingerprint density at radius 2 is 2.00 bits per heavy atom. The van der Waals surface area contributed by atoms with Crippen LogP contribution >= 0.6 is 22.4 Å². The summed E-state index contributed by atoms with van der Waals surface area (Å²) in [5, 5.41) is -0.595. The van der Waals surface area contributed by atoms with E-state index in [9.17, 15) is 13.2 Å². The number of rotatable bonds is 2. The Morgan fingerprint density at radius 3 is 2.53 bits per heavy atom. The molecular weight excluding hydrogens is 260 g/mol. The zero-order chi connectivity index (χ0) is 11.5. The van der Waals surface area contributed by atoms with Crippen LogP contribution in [0.15, 0.2) is 34.1 Å². The molecule has 0 aliphatic heterocycles. The minimum absolute atomic E-state index is 0.0953. The third-order valence-electron chi connectivity index (χ3n) is 1.47. The summed E-state index contributed by atoms with van der Waals surface area (Å²) in [5.41, 5.74) is 0. The van der Waals surface area contributed by atoms with Crippen molar-refractivity contribution in [2.45, 2.75) is 9.79 Å². The number of carbonyl (C=O) groups is 1. The highest BCUT2D eigenvalue weighted by Gasteiger charge is 2.17. The molecule has 15 heavy (non-hydrogen) atoms. The Hall–Kier alpha value is -0.720. The minimum Gasteiger partial charge on any atom is -0.461 e. The summed E-state index contributed by atoms with van der Waals surface area (Å²) in [5.74, 6) is 0. The molecule has 1 aromatic carbocycles. The Bertz CT molecular complexity index is 469. The van der Waals surface area contributed by atoms with Gasteiger partial charge in [0.15, 0.2) is 0 Å². The van der Waals surface area contributed by atoms with Gasteiger partial charge in [0.2, 0.25) is 0 Å². The van der Waals surface area contributed by atoms with Crippen molar-refractivity contribution in [2.75, 3.05) is 7.11 Å². The predicted molar refractivity (Wildman–Crippen MR) is 57.7 cm³/mol. The fourth-order valence-corrected chi connectivity index (χ4v) is 2.99. The number of hydrogen-bond donors (Lipinski definition) is 0. The Labute approximate surface area is 96.0 Å². The summed E-state index contributed by atoms with van der Waals surface area (Å²) >= 11 is 0.672. The van der Waals surface area contributed by atoms with Crippen molar-refractivity contribution in [3.05, 3.63) is 24.3 Å². The number of thioether (sulfide) groups is 1. The van der Waals surface area contributed by atoms with E-state index >= 15 is 0 Å². The van der Waals surface area contributed by atoms with Crippen molar-refractivity contribution < 1.29 is 17.9 Å². The highest BCUT2D eigenvalue weighted by Crippen LogP contribution is 2.29. The van der Waals surface area contributed by atoms with E-state index in [-0.39, 0.29) is 9.79 Å².